The van der Waals surface area contributed by atoms with E-state index in [-0.39, 0.29) is 5.82 Å². The Morgan fingerprint density at radius 3 is 2.67 bits per heavy atom. The summed E-state index contributed by atoms with van der Waals surface area (Å²) in [4.78, 5) is 8.75. The van der Waals surface area contributed by atoms with Gasteiger partial charge in [-0.3, -0.25) is 0 Å². The van der Waals surface area contributed by atoms with Gasteiger partial charge in [-0.05, 0) is 31.2 Å². The van der Waals surface area contributed by atoms with E-state index in [1.165, 1.54) is 17.8 Å². The second kappa shape index (κ2) is 7.26. The van der Waals surface area contributed by atoms with Crippen molar-refractivity contribution in [2.24, 2.45) is 0 Å². The molecule has 112 valence electrons. The molecule has 0 bridgehead atoms. The minimum atomic E-state index is -0.289. The van der Waals surface area contributed by atoms with Crippen molar-refractivity contribution in [3.05, 3.63) is 35.6 Å². The van der Waals surface area contributed by atoms with Crippen LogP contribution in [0.3, 0.4) is 0 Å². The molecule has 2 N–H and O–H groups in total. The van der Waals surface area contributed by atoms with Crippen LogP contribution in [0, 0.1) is 12.7 Å². The molecule has 2 rings (SSSR count). The summed E-state index contributed by atoms with van der Waals surface area (Å²) in [5.41, 5.74) is 1.28. The van der Waals surface area contributed by atoms with Crippen LogP contribution in [0.15, 0.2) is 29.4 Å². The monoisotopic (exact) mass is 306 g/mol. The minimum Gasteiger partial charge on any atom is -0.370 e. The summed E-state index contributed by atoms with van der Waals surface area (Å²) in [5.74, 6) is 1.04. The molecular weight excluding hydrogens is 287 g/mol. The molecule has 1 aromatic carbocycles. The zero-order valence-corrected chi connectivity index (χ0v) is 13.2. The van der Waals surface area contributed by atoms with Crippen molar-refractivity contribution in [1.29, 1.82) is 0 Å². The Morgan fingerprint density at radius 1 is 1.24 bits per heavy atom. The van der Waals surface area contributed by atoms with Gasteiger partial charge in [0, 0.05) is 12.6 Å². The molecule has 1 aromatic heterocycles. The molecule has 0 atom stereocenters. The van der Waals surface area contributed by atoms with Crippen LogP contribution in [0.1, 0.15) is 18.9 Å². The summed E-state index contributed by atoms with van der Waals surface area (Å²) in [7, 11) is 0. The summed E-state index contributed by atoms with van der Waals surface area (Å²) in [6, 6.07) is 6.78. The molecule has 2 aromatic rings. The van der Waals surface area contributed by atoms with Gasteiger partial charge in [0.15, 0.2) is 5.16 Å². The van der Waals surface area contributed by atoms with Gasteiger partial charge in [-0.2, -0.15) is 0 Å². The number of hydrogen-bond donors (Lipinski definition) is 2. The number of anilines is 3. The maximum Gasteiger partial charge on any atom is 0.191 e. The molecule has 4 nitrogen and oxygen atoms in total. The van der Waals surface area contributed by atoms with E-state index in [0.717, 1.165) is 24.3 Å². The average Bonchev–Trinajstić information content (AvgIpc) is 2.49. The van der Waals surface area contributed by atoms with Crippen LogP contribution < -0.4 is 10.6 Å². The predicted molar refractivity (Wildman–Crippen MR) is 87.0 cm³/mol. The smallest absolute Gasteiger partial charge is 0.191 e. The SMILES string of the molecule is CCCNc1cc(Nc2c(C)cccc2F)nc(SC)n1. The van der Waals surface area contributed by atoms with Crippen LogP contribution in [0.25, 0.3) is 0 Å². The molecule has 0 saturated heterocycles. The van der Waals surface area contributed by atoms with E-state index in [0.29, 0.717) is 16.7 Å². The molecule has 1 heterocycles. The van der Waals surface area contributed by atoms with Gasteiger partial charge in [-0.1, -0.05) is 30.8 Å². The third kappa shape index (κ3) is 4.07. The van der Waals surface area contributed by atoms with E-state index in [1.807, 2.05) is 19.2 Å². The molecule has 0 saturated carbocycles. The first-order valence-electron chi connectivity index (χ1n) is 6.83. The lowest BCUT2D eigenvalue weighted by Crippen LogP contribution is -2.06. The van der Waals surface area contributed by atoms with Gasteiger partial charge in [0.25, 0.3) is 0 Å². The van der Waals surface area contributed by atoms with Gasteiger partial charge >= 0.3 is 0 Å². The quantitative estimate of drug-likeness (QED) is 0.618. The number of nitrogens with zero attached hydrogens (tertiary/aromatic N) is 2. The number of rotatable bonds is 6. The number of thioether (sulfide) groups is 1. The summed E-state index contributed by atoms with van der Waals surface area (Å²) >= 11 is 1.45. The second-order valence-corrected chi connectivity index (χ2v) is 5.38. The topological polar surface area (TPSA) is 49.8 Å². The molecule has 0 radical (unpaired) electrons. The van der Waals surface area contributed by atoms with Crippen LogP contribution in [-0.2, 0) is 0 Å². The fourth-order valence-corrected chi connectivity index (χ4v) is 2.22. The number of nitrogens with one attached hydrogen (secondary N) is 2. The normalized spacial score (nSPS) is 10.5. The highest BCUT2D eigenvalue weighted by Crippen LogP contribution is 2.25. The molecule has 0 spiro atoms. The van der Waals surface area contributed by atoms with Crippen molar-refractivity contribution >= 4 is 29.1 Å². The lowest BCUT2D eigenvalue weighted by atomic mass is 10.2. The largest absolute Gasteiger partial charge is 0.370 e. The zero-order chi connectivity index (χ0) is 15.2. The first-order valence-corrected chi connectivity index (χ1v) is 8.05. The second-order valence-electron chi connectivity index (χ2n) is 4.61. The Bertz CT molecular complexity index is 598. The molecule has 0 aliphatic carbocycles. The Balaban J connectivity index is 2.30. The Hall–Kier alpha value is -1.82. The summed E-state index contributed by atoms with van der Waals surface area (Å²) in [5, 5.41) is 6.92. The molecular formula is C15H19FN4S. The lowest BCUT2D eigenvalue weighted by Gasteiger charge is -2.12. The molecule has 0 fully saturated rings. The molecule has 0 amide bonds. The predicted octanol–water partition coefficient (Wildman–Crippen LogP) is 4.21. The van der Waals surface area contributed by atoms with Gasteiger partial charge in [-0.25, -0.2) is 14.4 Å². The van der Waals surface area contributed by atoms with Gasteiger partial charge in [0.2, 0.25) is 0 Å². The van der Waals surface area contributed by atoms with Crippen LogP contribution in [0.2, 0.25) is 0 Å². The van der Waals surface area contributed by atoms with E-state index in [2.05, 4.69) is 27.5 Å². The molecule has 0 aliphatic heterocycles. The lowest BCUT2D eigenvalue weighted by molar-refractivity contribution is 0.630. The maximum absolute atomic E-state index is 13.9. The standard InChI is InChI=1S/C15H19FN4S/c1-4-8-17-12-9-13(20-15(19-12)21-3)18-14-10(2)6-5-7-11(14)16/h5-7,9H,4,8H2,1-3H3,(H2,17,18,19,20). The Morgan fingerprint density at radius 2 is 2.00 bits per heavy atom. The summed E-state index contributed by atoms with van der Waals surface area (Å²) in [6.45, 7) is 4.78. The van der Waals surface area contributed by atoms with Gasteiger partial charge in [-0.15, -0.1) is 0 Å². The minimum absolute atomic E-state index is 0.289. The number of aromatic nitrogens is 2. The number of benzene rings is 1. The van der Waals surface area contributed by atoms with E-state index in [9.17, 15) is 4.39 Å². The van der Waals surface area contributed by atoms with Crippen LogP contribution in [0.4, 0.5) is 21.7 Å². The maximum atomic E-state index is 13.9. The first kappa shape index (κ1) is 15.6. The summed E-state index contributed by atoms with van der Waals surface area (Å²) < 4.78 is 13.9. The van der Waals surface area contributed by atoms with Crippen molar-refractivity contribution in [3.8, 4) is 0 Å². The molecule has 21 heavy (non-hydrogen) atoms. The fourth-order valence-electron chi connectivity index (χ4n) is 1.84. The molecule has 0 aliphatic rings. The van der Waals surface area contributed by atoms with E-state index in [4.69, 9.17) is 0 Å². The fraction of sp³-hybridized carbons (Fsp3) is 0.333. The van der Waals surface area contributed by atoms with E-state index < -0.39 is 0 Å². The summed E-state index contributed by atoms with van der Waals surface area (Å²) in [6.07, 6.45) is 2.92. The van der Waals surface area contributed by atoms with Gasteiger partial charge in [0.1, 0.15) is 17.5 Å². The van der Waals surface area contributed by atoms with Gasteiger partial charge in [0.05, 0.1) is 5.69 Å². The number of halogens is 1. The van der Waals surface area contributed by atoms with Crippen molar-refractivity contribution in [2.75, 3.05) is 23.4 Å². The molecule has 6 heteroatoms. The van der Waals surface area contributed by atoms with Crippen LogP contribution in [0.5, 0.6) is 0 Å². The van der Waals surface area contributed by atoms with Gasteiger partial charge < -0.3 is 10.6 Å². The van der Waals surface area contributed by atoms with Crippen LogP contribution in [-0.4, -0.2) is 22.8 Å². The molecule has 0 unspecified atom stereocenters. The highest BCUT2D eigenvalue weighted by molar-refractivity contribution is 7.98. The highest BCUT2D eigenvalue weighted by atomic mass is 32.2. The Kier molecular flexibility index (Phi) is 5.38. The number of aryl methyl sites for hydroxylation is 1. The highest BCUT2D eigenvalue weighted by Gasteiger charge is 2.09. The average molecular weight is 306 g/mol. The first-order chi connectivity index (χ1) is 10.1. The zero-order valence-electron chi connectivity index (χ0n) is 12.4. The number of hydrogen-bond acceptors (Lipinski definition) is 5. The number of para-hydroxylation sites is 1. The van der Waals surface area contributed by atoms with E-state index >= 15 is 0 Å². The van der Waals surface area contributed by atoms with Crippen molar-refractivity contribution < 1.29 is 4.39 Å². The third-order valence-electron chi connectivity index (χ3n) is 2.92. The van der Waals surface area contributed by atoms with Crippen molar-refractivity contribution in [1.82, 2.24) is 9.97 Å². The van der Waals surface area contributed by atoms with Crippen molar-refractivity contribution in [2.45, 2.75) is 25.4 Å². The third-order valence-corrected chi connectivity index (χ3v) is 3.47. The van der Waals surface area contributed by atoms with E-state index in [1.54, 1.807) is 12.1 Å². The Labute approximate surface area is 128 Å². The van der Waals surface area contributed by atoms with Crippen molar-refractivity contribution in [3.63, 3.8) is 0 Å². The van der Waals surface area contributed by atoms with Crippen LogP contribution >= 0.6 is 11.8 Å².